The van der Waals surface area contributed by atoms with Gasteiger partial charge in [-0.1, -0.05) is 18.2 Å². The topological polar surface area (TPSA) is 106 Å². The fourth-order valence-corrected chi connectivity index (χ4v) is 4.31. The van der Waals surface area contributed by atoms with E-state index in [4.69, 9.17) is 4.74 Å². The van der Waals surface area contributed by atoms with E-state index in [0.29, 0.717) is 33.7 Å². The summed E-state index contributed by atoms with van der Waals surface area (Å²) >= 11 is 0. The Balaban J connectivity index is 1.84. The Morgan fingerprint density at radius 3 is 2.42 bits per heavy atom. The smallest absolute Gasteiger partial charge is 0.339 e. The molecule has 4 aromatic rings. The van der Waals surface area contributed by atoms with Crippen molar-refractivity contribution in [1.29, 1.82) is 0 Å². The first-order valence-corrected chi connectivity index (χ1v) is 11.6. The number of esters is 1. The molecule has 2 N–H and O–H groups in total. The number of methoxy groups -OCH3 is 1. The van der Waals surface area contributed by atoms with Gasteiger partial charge < -0.3 is 19.7 Å². The van der Waals surface area contributed by atoms with Crippen molar-refractivity contribution in [3.8, 4) is 11.3 Å². The number of aryl methyl sites for hydroxylation is 1. The molecule has 4 rings (SSSR count). The lowest BCUT2D eigenvalue weighted by Crippen LogP contribution is -2.21. The Labute approximate surface area is 209 Å². The summed E-state index contributed by atoms with van der Waals surface area (Å²) in [5, 5.41) is 15.0. The first-order chi connectivity index (χ1) is 17.0. The maximum atomic E-state index is 13.4. The number of hydrogen-bond acceptors (Lipinski definition) is 7. The molecular weight excluding hydrogens is 456 g/mol. The quantitative estimate of drug-likeness (QED) is 0.387. The number of aromatic nitrogens is 3. The molecular formula is C28H30N4O4. The molecule has 0 aliphatic rings. The first-order valence-electron chi connectivity index (χ1n) is 11.6. The molecule has 36 heavy (non-hydrogen) atoms. The molecule has 0 aliphatic carbocycles. The highest BCUT2D eigenvalue weighted by Crippen LogP contribution is 2.31. The number of carbonyl (C=O) groups is 1. The Morgan fingerprint density at radius 1 is 1.11 bits per heavy atom. The number of carbonyl (C=O) groups excluding carboxylic acids is 1. The van der Waals surface area contributed by atoms with Crippen LogP contribution in [0.1, 0.15) is 54.1 Å². The second kappa shape index (κ2) is 9.54. The van der Waals surface area contributed by atoms with Crippen LogP contribution < -0.4 is 10.9 Å². The number of rotatable bonds is 6. The highest BCUT2D eigenvalue weighted by Gasteiger charge is 2.21. The van der Waals surface area contributed by atoms with Gasteiger partial charge in [-0.2, -0.15) is 0 Å². The minimum Gasteiger partial charge on any atom is -0.465 e. The van der Waals surface area contributed by atoms with Gasteiger partial charge in [0.25, 0.3) is 5.56 Å². The van der Waals surface area contributed by atoms with E-state index < -0.39 is 11.6 Å². The van der Waals surface area contributed by atoms with E-state index in [1.165, 1.54) is 7.11 Å². The number of para-hydroxylation sites is 1. The Morgan fingerprint density at radius 2 is 1.78 bits per heavy atom. The van der Waals surface area contributed by atoms with Crippen LogP contribution in [-0.4, -0.2) is 32.7 Å². The third-order valence-electron chi connectivity index (χ3n) is 6.20. The van der Waals surface area contributed by atoms with Gasteiger partial charge in [0, 0.05) is 42.1 Å². The van der Waals surface area contributed by atoms with Gasteiger partial charge in [-0.05, 0) is 68.5 Å². The molecule has 186 valence electrons. The van der Waals surface area contributed by atoms with E-state index in [1.807, 2.05) is 44.2 Å². The SMILES string of the molecule is COC(=O)c1ccccc1NC(C)c1cc(C)cc2c(=O)n(C)c(-c3cnc(C(C)(C)O)nc3)cc12. The van der Waals surface area contributed by atoms with Gasteiger partial charge in [0.2, 0.25) is 0 Å². The molecule has 2 heterocycles. The molecule has 8 nitrogen and oxygen atoms in total. The number of pyridine rings is 1. The fourth-order valence-electron chi connectivity index (χ4n) is 4.31. The summed E-state index contributed by atoms with van der Waals surface area (Å²) in [5.41, 5.74) is 2.96. The number of aliphatic hydroxyl groups is 1. The van der Waals surface area contributed by atoms with Gasteiger partial charge in [-0.3, -0.25) is 4.79 Å². The first kappa shape index (κ1) is 25.1. The molecule has 0 saturated heterocycles. The maximum Gasteiger partial charge on any atom is 0.339 e. The van der Waals surface area contributed by atoms with Crippen LogP contribution in [0.15, 0.2) is 59.7 Å². The van der Waals surface area contributed by atoms with Crippen LogP contribution in [-0.2, 0) is 17.4 Å². The summed E-state index contributed by atoms with van der Waals surface area (Å²) < 4.78 is 6.51. The average Bonchev–Trinajstić information content (AvgIpc) is 2.85. The van der Waals surface area contributed by atoms with Crippen molar-refractivity contribution >= 4 is 22.4 Å². The van der Waals surface area contributed by atoms with Crippen molar-refractivity contribution in [2.75, 3.05) is 12.4 Å². The number of nitrogens with zero attached hydrogens (tertiary/aromatic N) is 3. The van der Waals surface area contributed by atoms with Gasteiger partial charge in [-0.25, -0.2) is 14.8 Å². The Kier molecular flexibility index (Phi) is 6.65. The largest absolute Gasteiger partial charge is 0.465 e. The summed E-state index contributed by atoms with van der Waals surface area (Å²) in [6.45, 7) is 7.18. The predicted molar refractivity (Wildman–Crippen MR) is 140 cm³/mol. The zero-order valence-corrected chi connectivity index (χ0v) is 21.3. The van der Waals surface area contributed by atoms with E-state index in [9.17, 15) is 14.7 Å². The van der Waals surface area contributed by atoms with Crippen LogP contribution in [0.3, 0.4) is 0 Å². The number of hydrogen-bond donors (Lipinski definition) is 2. The molecule has 2 aromatic carbocycles. The molecule has 0 saturated carbocycles. The lowest BCUT2D eigenvalue weighted by Gasteiger charge is -2.21. The molecule has 1 atom stereocenters. The minimum absolute atomic E-state index is 0.138. The van der Waals surface area contributed by atoms with E-state index in [2.05, 4.69) is 15.3 Å². The molecule has 1 unspecified atom stereocenters. The molecule has 0 bridgehead atoms. The van der Waals surface area contributed by atoms with Crippen LogP contribution in [0.25, 0.3) is 22.0 Å². The van der Waals surface area contributed by atoms with Crippen LogP contribution in [0.4, 0.5) is 5.69 Å². The number of nitrogens with one attached hydrogen (secondary N) is 1. The van der Waals surface area contributed by atoms with E-state index in [1.54, 1.807) is 50.0 Å². The summed E-state index contributed by atoms with van der Waals surface area (Å²) in [7, 11) is 3.07. The van der Waals surface area contributed by atoms with Crippen LogP contribution >= 0.6 is 0 Å². The van der Waals surface area contributed by atoms with Crippen LogP contribution in [0.5, 0.6) is 0 Å². The second-order valence-corrected chi connectivity index (χ2v) is 9.47. The van der Waals surface area contributed by atoms with Crippen molar-refractivity contribution in [2.24, 2.45) is 7.05 Å². The van der Waals surface area contributed by atoms with E-state index in [0.717, 1.165) is 16.5 Å². The van der Waals surface area contributed by atoms with Crippen molar-refractivity contribution < 1.29 is 14.6 Å². The summed E-state index contributed by atoms with van der Waals surface area (Å²) in [4.78, 5) is 34.3. The molecule has 0 radical (unpaired) electrons. The van der Waals surface area contributed by atoms with Gasteiger partial charge in [0.05, 0.1) is 18.4 Å². The number of fused-ring (bicyclic) bond motifs is 1. The number of ether oxygens (including phenoxy) is 1. The standard InChI is InChI=1S/C28H30N4O4/c1-16-11-20(17(2)31-23-10-8-7-9-19(23)26(34)36-6)21-13-24(32(5)25(33)22(21)12-16)18-14-29-27(30-15-18)28(3,4)35/h7-15,17,31,35H,1-6H3. The lowest BCUT2D eigenvalue weighted by molar-refractivity contribution is 0.0601. The molecule has 0 fully saturated rings. The third kappa shape index (κ3) is 4.72. The second-order valence-electron chi connectivity index (χ2n) is 9.47. The Hall–Kier alpha value is -4.04. The zero-order valence-electron chi connectivity index (χ0n) is 21.3. The van der Waals surface area contributed by atoms with Gasteiger partial charge in [-0.15, -0.1) is 0 Å². The molecule has 0 amide bonds. The summed E-state index contributed by atoms with van der Waals surface area (Å²) in [6.07, 6.45) is 3.23. The molecule has 0 aliphatic heterocycles. The molecule has 0 spiro atoms. The average molecular weight is 487 g/mol. The highest BCUT2D eigenvalue weighted by molar-refractivity contribution is 5.96. The van der Waals surface area contributed by atoms with Gasteiger partial charge in [0.15, 0.2) is 5.82 Å². The van der Waals surface area contributed by atoms with Gasteiger partial charge >= 0.3 is 5.97 Å². The van der Waals surface area contributed by atoms with Crippen molar-refractivity contribution in [1.82, 2.24) is 14.5 Å². The Bertz CT molecular complexity index is 1500. The maximum absolute atomic E-state index is 13.4. The molecule has 8 heteroatoms. The van der Waals surface area contributed by atoms with Crippen LogP contribution in [0.2, 0.25) is 0 Å². The van der Waals surface area contributed by atoms with Gasteiger partial charge in [0.1, 0.15) is 5.60 Å². The fraction of sp³-hybridized carbons (Fsp3) is 0.286. The van der Waals surface area contributed by atoms with E-state index in [-0.39, 0.29) is 11.6 Å². The van der Waals surface area contributed by atoms with Crippen molar-refractivity contribution in [3.05, 3.63) is 87.7 Å². The zero-order chi connectivity index (χ0) is 26.2. The van der Waals surface area contributed by atoms with Crippen LogP contribution in [0, 0.1) is 6.92 Å². The third-order valence-corrected chi connectivity index (χ3v) is 6.20. The summed E-state index contributed by atoms with van der Waals surface area (Å²) in [5.74, 6) is -0.125. The minimum atomic E-state index is -1.17. The number of anilines is 1. The van der Waals surface area contributed by atoms with E-state index >= 15 is 0 Å². The lowest BCUT2D eigenvalue weighted by atomic mass is 9.96. The number of benzene rings is 2. The summed E-state index contributed by atoms with van der Waals surface area (Å²) in [6, 6.07) is 12.8. The highest BCUT2D eigenvalue weighted by atomic mass is 16.5. The predicted octanol–water partition coefficient (Wildman–Crippen LogP) is 4.49. The molecule has 2 aromatic heterocycles. The normalized spacial score (nSPS) is 12.4. The van der Waals surface area contributed by atoms with Crippen molar-refractivity contribution in [3.63, 3.8) is 0 Å². The van der Waals surface area contributed by atoms with Crippen molar-refractivity contribution in [2.45, 2.75) is 39.3 Å². The monoisotopic (exact) mass is 486 g/mol.